The molecule has 1 unspecified atom stereocenters. The first-order chi connectivity index (χ1) is 10.1. The molecule has 1 N–H and O–H groups in total. The third-order valence-corrected chi connectivity index (χ3v) is 4.18. The molecule has 0 spiro atoms. The number of carbonyl (C=O) groups excluding carboxylic acids is 1. The Bertz CT molecular complexity index is 702. The van der Waals surface area contributed by atoms with Gasteiger partial charge in [0.2, 0.25) is 5.91 Å². The average molecular weight is 302 g/mol. The molecule has 0 saturated carbocycles. The largest absolute Gasteiger partial charge is 0.376 e. The van der Waals surface area contributed by atoms with Gasteiger partial charge in [-0.15, -0.1) is 0 Å². The van der Waals surface area contributed by atoms with Crippen molar-refractivity contribution in [1.82, 2.24) is 4.98 Å². The summed E-state index contributed by atoms with van der Waals surface area (Å²) in [5.74, 6) is 0.102. The number of aromatic nitrogens is 1. The number of carbonyl (C=O) groups is 1. The molecule has 0 saturated heterocycles. The predicted octanol–water partition coefficient (Wildman–Crippen LogP) is 3.56. The number of amides is 1. The Kier molecular flexibility index (Phi) is 3.55. The molecule has 1 aromatic carbocycles. The average Bonchev–Trinajstić information content (AvgIpc) is 2.48. The third-order valence-electron chi connectivity index (χ3n) is 3.78. The van der Waals surface area contributed by atoms with E-state index in [1.807, 2.05) is 44.3 Å². The molecule has 0 bridgehead atoms. The molecule has 1 aliphatic heterocycles. The molecule has 1 atom stereocenters. The molecule has 108 valence electrons. The number of halogens is 1. The fourth-order valence-electron chi connectivity index (χ4n) is 2.61. The first-order valence-electron chi connectivity index (χ1n) is 6.80. The number of nitrogens with one attached hydrogen (secondary N) is 1. The van der Waals surface area contributed by atoms with E-state index in [1.54, 1.807) is 11.1 Å². The summed E-state index contributed by atoms with van der Waals surface area (Å²) in [4.78, 5) is 18.0. The normalized spacial score (nSPS) is 17.6. The Labute approximate surface area is 128 Å². The molecule has 4 nitrogen and oxygen atoms in total. The van der Waals surface area contributed by atoms with Gasteiger partial charge in [-0.05, 0) is 30.2 Å². The van der Waals surface area contributed by atoms with Crippen molar-refractivity contribution in [3.05, 3.63) is 52.8 Å². The van der Waals surface area contributed by atoms with Crippen LogP contribution in [0, 0.1) is 6.92 Å². The minimum absolute atomic E-state index is 0.0488. The van der Waals surface area contributed by atoms with E-state index in [0.29, 0.717) is 11.6 Å². The summed E-state index contributed by atoms with van der Waals surface area (Å²) < 4.78 is 0. The van der Waals surface area contributed by atoms with Gasteiger partial charge in [0.1, 0.15) is 5.15 Å². The Morgan fingerprint density at radius 2 is 2.14 bits per heavy atom. The zero-order valence-corrected chi connectivity index (χ0v) is 12.7. The zero-order chi connectivity index (χ0) is 15.0. The number of para-hydroxylation sites is 1. The highest BCUT2D eigenvalue weighted by Crippen LogP contribution is 2.35. The second kappa shape index (κ2) is 5.37. The molecule has 5 heteroatoms. The van der Waals surface area contributed by atoms with Crippen LogP contribution in [0.2, 0.25) is 5.15 Å². The molecule has 2 aromatic rings. The first-order valence-corrected chi connectivity index (χ1v) is 7.18. The highest BCUT2D eigenvalue weighted by molar-refractivity contribution is 6.30. The monoisotopic (exact) mass is 301 g/mol. The number of benzene rings is 1. The molecule has 1 amide bonds. The van der Waals surface area contributed by atoms with E-state index < -0.39 is 0 Å². The highest BCUT2D eigenvalue weighted by Gasteiger charge is 2.28. The Balaban J connectivity index is 1.93. The van der Waals surface area contributed by atoms with Crippen LogP contribution in [-0.2, 0) is 4.79 Å². The number of hydrogen-bond acceptors (Lipinski definition) is 3. The van der Waals surface area contributed by atoms with Crippen LogP contribution in [0.25, 0.3) is 0 Å². The van der Waals surface area contributed by atoms with E-state index >= 15 is 0 Å². The molecule has 0 aliphatic carbocycles. The van der Waals surface area contributed by atoms with Gasteiger partial charge in [-0.1, -0.05) is 29.8 Å². The smallest absolute Gasteiger partial charge is 0.229 e. The lowest BCUT2D eigenvalue weighted by Crippen LogP contribution is -2.35. The molecule has 2 heterocycles. The van der Waals surface area contributed by atoms with Crippen LogP contribution in [-0.4, -0.2) is 17.9 Å². The molecule has 1 aromatic heterocycles. The summed E-state index contributed by atoms with van der Waals surface area (Å²) in [7, 11) is 1.81. The van der Waals surface area contributed by atoms with Gasteiger partial charge in [-0.3, -0.25) is 4.79 Å². The van der Waals surface area contributed by atoms with E-state index in [1.165, 1.54) is 0 Å². The van der Waals surface area contributed by atoms with Gasteiger partial charge in [0, 0.05) is 12.7 Å². The van der Waals surface area contributed by atoms with Crippen molar-refractivity contribution in [2.24, 2.45) is 0 Å². The molecular formula is C16H16ClN3O. The number of anilines is 2. The van der Waals surface area contributed by atoms with Crippen LogP contribution in [0.3, 0.4) is 0 Å². The van der Waals surface area contributed by atoms with E-state index in [0.717, 1.165) is 22.5 Å². The number of nitrogens with zero attached hydrogens (tertiary/aromatic N) is 2. The van der Waals surface area contributed by atoms with Crippen molar-refractivity contribution in [3.8, 4) is 0 Å². The Morgan fingerprint density at radius 1 is 1.38 bits per heavy atom. The highest BCUT2D eigenvalue weighted by atomic mass is 35.5. The van der Waals surface area contributed by atoms with E-state index in [4.69, 9.17) is 11.6 Å². The number of rotatable bonds is 2. The predicted molar refractivity (Wildman–Crippen MR) is 84.8 cm³/mol. The lowest BCUT2D eigenvalue weighted by atomic mass is 9.96. The summed E-state index contributed by atoms with van der Waals surface area (Å²) in [6, 6.07) is 9.84. The van der Waals surface area contributed by atoms with Crippen LogP contribution in [0.4, 0.5) is 11.4 Å². The summed E-state index contributed by atoms with van der Waals surface area (Å²) in [5.41, 5.74) is 3.85. The molecule has 0 fully saturated rings. The quantitative estimate of drug-likeness (QED) is 0.863. The fraction of sp³-hybridized carbons (Fsp3) is 0.250. The third kappa shape index (κ3) is 2.59. The maximum absolute atomic E-state index is 12.1. The van der Waals surface area contributed by atoms with Crippen molar-refractivity contribution >= 4 is 28.9 Å². The van der Waals surface area contributed by atoms with Crippen molar-refractivity contribution in [3.63, 3.8) is 0 Å². The molecule has 3 rings (SSSR count). The van der Waals surface area contributed by atoms with Gasteiger partial charge in [0.05, 0.1) is 24.3 Å². The second-order valence-corrected chi connectivity index (χ2v) is 5.60. The number of aryl methyl sites for hydroxylation is 1. The SMILES string of the molecule is Cc1cc(NC2CC(=O)N(C)c3ccccc32)cnc1Cl. The summed E-state index contributed by atoms with van der Waals surface area (Å²) in [6.45, 7) is 1.91. The van der Waals surface area contributed by atoms with Crippen molar-refractivity contribution < 1.29 is 4.79 Å². The topological polar surface area (TPSA) is 45.2 Å². The van der Waals surface area contributed by atoms with Gasteiger partial charge in [0.25, 0.3) is 0 Å². The Morgan fingerprint density at radius 3 is 2.90 bits per heavy atom. The van der Waals surface area contributed by atoms with Crippen molar-refractivity contribution in [2.45, 2.75) is 19.4 Å². The second-order valence-electron chi connectivity index (χ2n) is 5.24. The maximum Gasteiger partial charge on any atom is 0.229 e. The summed E-state index contributed by atoms with van der Waals surface area (Å²) in [6.07, 6.45) is 2.12. The lowest BCUT2D eigenvalue weighted by Gasteiger charge is -2.32. The van der Waals surface area contributed by atoms with Crippen LogP contribution in [0.5, 0.6) is 0 Å². The zero-order valence-electron chi connectivity index (χ0n) is 11.9. The Hall–Kier alpha value is -2.07. The summed E-state index contributed by atoms with van der Waals surface area (Å²) in [5, 5.41) is 3.89. The lowest BCUT2D eigenvalue weighted by molar-refractivity contribution is -0.118. The molecular weight excluding hydrogens is 286 g/mol. The summed E-state index contributed by atoms with van der Waals surface area (Å²) >= 11 is 5.95. The van der Waals surface area contributed by atoms with E-state index in [2.05, 4.69) is 10.3 Å². The van der Waals surface area contributed by atoms with Gasteiger partial charge >= 0.3 is 0 Å². The van der Waals surface area contributed by atoms with Crippen molar-refractivity contribution in [2.75, 3.05) is 17.3 Å². The number of hydrogen-bond donors (Lipinski definition) is 1. The van der Waals surface area contributed by atoms with Crippen LogP contribution >= 0.6 is 11.6 Å². The van der Waals surface area contributed by atoms with Gasteiger partial charge in [-0.25, -0.2) is 4.98 Å². The van der Waals surface area contributed by atoms with Gasteiger partial charge in [0.15, 0.2) is 0 Å². The number of fused-ring (bicyclic) bond motifs is 1. The van der Waals surface area contributed by atoms with Gasteiger partial charge in [-0.2, -0.15) is 0 Å². The van der Waals surface area contributed by atoms with Crippen LogP contribution in [0.1, 0.15) is 23.6 Å². The van der Waals surface area contributed by atoms with Crippen LogP contribution < -0.4 is 10.2 Å². The maximum atomic E-state index is 12.1. The van der Waals surface area contributed by atoms with E-state index in [9.17, 15) is 4.79 Å². The van der Waals surface area contributed by atoms with Crippen molar-refractivity contribution in [1.29, 1.82) is 0 Å². The van der Waals surface area contributed by atoms with E-state index in [-0.39, 0.29) is 11.9 Å². The standard InChI is InChI=1S/C16H16ClN3O/c1-10-7-11(9-18-16(10)17)19-13-8-15(21)20(2)14-6-4-3-5-12(13)14/h3-7,9,13,19H,8H2,1-2H3. The number of pyridine rings is 1. The molecule has 1 aliphatic rings. The fourth-order valence-corrected chi connectivity index (χ4v) is 2.71. The van der Waals surface area contributed by atoms with Crippen LogP contribution in [0.15, 0.2) is 36.5 Å². The molecule has 0 radical (unpaired) electrons. The molecule has 21 heavy (non-hydrogen) atoms. The minimum Gasteiger partial charge on any atom is -0.376 e. The van der Waals surface area contributed by atoms with Gasteiger partial charge < -0.3 is 10.2 Å². The minimum atomic E-state index is -0.0488. The first kappa shape index (κ1) is 13.9.